The predicted molar refractivity (Wildman–Crippen MR) is 97.3 cm³/mol. The van der Waals surface area contributed by atoms with Gasteiger partial charge in [0.15, 0.2) is 0 Å². The molecule has 0 aliphatic heterocycles. The zero-order valence-corrected chi connectivity index (χ0v) is 15.5. The van der Waals surface area contributed by atoms with Crippen LogP contribution in [0.4, 0.5) is 5.69 Å². The lowest BCUT2D eigenvalue weighted by Gasteiger charge is -2.16. The van der Waals surface area contributed by atoms with Crippen LogP contribution in [0.15, 0.2) is 53.4 Å². The van der Waals surface area contributed by atoms with Crippen molar-refractivity contribution in [2.24, 2.45) is 0 Å². The molecule has 2 rings (SSSR count). The number of amides is 1. The fourth-order valence-corrected chi connectivity index (χ4v) is 3.64. The van der Waals surface area contributed by atoms with Crippen molar-refractivity contribution in [2.45, 2.75) is 24.8 Å². The molecule has 0 heterocycles. The molecule has 26 heavy (non-hydrogen) atoms. The second-order valence-corrected chi connectivity index (χ2v) is 7.38. The normalized spacial score (nSPS) is 12.3. The van der Waals surface area contributed by atoms with Crippen LogP contribution in [0.1, 0.15) is 35.8 Å². The number of benzene rings is 2. The van der Waals surface area contributed by atoms with E-state index in [1.165, 1.54) is 38.3 Å². The van der Waals surface area contributed by atoms with Crippen LogP contribution in [-0.2, 0) is 19.6 Å². The molecule has 2 aromatic carbocycles. The lowest BCUT2D eigenvalue weighted by molar-refractivity contribution is -0.114. The summed E-state index contributed by atoms with van der Waals surface area (Å²) >= 11 is 0. The monoisotopic (exact) mass is 376 g/mol. The zero-order chi connectivity index (χ0) is 19.3. The molecule has 138 valence electrons. The van der Waals surface area contributed by atoms with Crippen LogP contribution in [0.5, 0.6) is 0 Å². The van der Waals surface area contributed by atoms with Gasteiger partial charge in [-0.1, -0.05) is 18.2 Å². The number of hydrogen-bond acceptors (Lipinski definition) is 5. The van der Waals surface area contributed by atoms with Crippen LogP contribution in [0, 0.1) is 0 Å². The van der Waals surface area contributed by atoms with Gasteiger partial charge in [-0.3, -0.25) is 4.79 Å². The molecule has 0 spiro atoms. The minimum atomic E-state index is -3.85. The van der Waals surface area contributed by atoms with Crippen molar-refractivity contribution in [1.29, 1.82) is 0 Å². The average molecular weight is 376 g/mol. The average Bonchev–Trinajstić information content (AvgIpc) is 2.60. The Morgan fingerprint density at radius 3 is 2.42 bits per heavy atom. The third-order valence-corrected chi connectivity index (χ3v) is 5.14. The Kier molecular flexibility index (Phi) is 6.12. The Balaban J connectivity index is 2.24. The van der Waals surface area contributed by atoms with Gasteiger partial charge in [0.1, 0.15) is 0 Å². The highest BCUT2D eigenvalue weighted by Crippen LogP contribution is 2.21. The molecule has 0 saturated carbocycles. The summed E-state index contributed by atoms with van der Waals surface area (Å²) in [4.78, 5) is 22.7. The summed E-state index contributed by atoms with van der Waals surface area (Å²) < 4.78 is 32.4. The van der Waals surface area contributed by atoms with Crippen molar-refractivity contribution in [1.82, 2.24) is 4.72 Å². The number of ether oxygens (including phenoxy) is 1. The molecule has 0 fully saturated rings. The van der Waals surface area contributed by atoms with Crippen LogP contribution < -0.4 is 10.0 Å². The number of carbonyl (C=O) groups is 2. The molecule has 0 aliphatic carbocycles. The molecule has 7 nitrogen and oxygen atoms in total. The van der Waals surface area contributed by atoms with E-state index in [0.717, 1.165) is 0 Å². The fraction of sp³-hybridized carbons (Fsp3) is 0.222. The van der Waals surface area contributed by atoms with Gasteiger partial charge < -0.3 is 10.1 Å². The number of carbonyl (C=O) groups excluding carboxylic acids is 2. The van der Waals surface area contributed by atoms with Gasteiger partial charge in [0.2, 0.25) is 15.9 Å². The maximum absolute atomic E-state index is 12.6. The van der Waals surface area contributed by atoms with Crippen molar-refractivity contribution >= 4 is 27.6 Å². The summed E-state index contributed by atoms with van der Waals surface area (Å²) in [7, 11) is -2.62. The maximum atomic E-state index is 12.6. The minimum Gasteiger partial charge on any atom is -0.465 e. The molecule has 0 saturated heterocycles. The SMILES string of the molecule is COC(=O)c1cccc(S(=O)(=O)N[C@@H](C)c2cccc(NC(C)=O)c2)c1. The molecule has 1 atom stereocenters. The van der Waals surface area contributed by atoms with Crippen LogP contribution in [0.25, 0.3) is 0 Å². The number of nitrogens with one attached hydrogen (secondary N) is 2. The van der Waals surface area contributed by atoms with Crippen molar-refractivity contribution in [3.8, 4) is 0 Å². The zero-order valence-electron chi connectivity index (χ0n) is 14.6. The smallest absolute Gasteiger partial charge is 0.337 e. The first-order chi connectivity index (χ1) is 12.2. The first kappa shape index (κ1) is 19.6. The van der Waals surface area contributed by atoms with Gasteiger partial charge in [0.25, 0.3) is 0 Å². The summed E-state index contributed by atoms with van der Waals surface area (Å²) in [6.45, 7) is 3.09. The van der Waals surface area contributed by atoms with Crippen molar-refractivity contribution < 1.29 is 22.7 Å². The van der Waals surface area contributed by atoms with Crippen molar-refractivity contribution in [2.75, 3.05) is 12.4 Å². The van der Waals surface area contributed by atoms with E-state index in [4.69, 9.17) is 0 Å². The Hall–Kier alpha value is -2.71. The molecule has 1 amide bonds. The van der Waals surface area contributed by atoms with E-state index in [9.17, 15) is 18.0 Å². The van der Waals surface area contributed by atoms with Crippen LogP contribution >= 0.6 is 0 Å². The van der Waals surface area contributed by atoms with Gasteiger partial charge in [-0.25, -0.2) is 17.9 Å². The number of esters is 1. The Labute approximate surface area is 152 Å². The molecule has 0 aliphatic rings. The summed E-state index contributed by atoms with van der Waals surface area (Å²) in [5.41, 5.74) is 1.41. The highest BCUT2D eigenvalue weighted by molar-refractivity contribution is 7.89. The standard InChI is InChI=1S/C18H20N2O5S/c1-12(14-6-4-8-16(10-14)19-13(2)21)20-26(23,24)17-9-5-7-15(11-17)18(22)25-3/h4-12,20H,1-3H3,(H,19,21)/t12-/m0/s1. The third kappa shape index (κ3) is 4.90. The lowest BCUT2D eigenvalue weighted by Crippen LogP contribution is -2.27. The van der Waals surface area contributed by atoms with Gasteiger partial charge in [-0.2, -0.15) is 0 Å². The highest BCUT2D eigenvalue weighted by atomic mass is 32.2. The molecule has 0 aromatic heterocycles. The Morgan fingerprint density at radius 1 is 1.08 bits per heavy atom. The van der Waals surface area contributed by atoms with Gasteiger partial charge in [-0.05, 0) is 42.8 Å². The second-order valence-electron chi connectivity index (χ2n) is 5.67. The van der Waals surface area contributed by atoms with Gasteiger partial charge in [0.05, 0.1) is 17.6 Å². The van der Waals surface area contributed by atoms with Crippen LogP contribution in [0.2, 0.25) is 0 Å². The van der Waals surface area contributed by atoms with E-state index in [1.807, 2.05) is 0 Å². The topological polar surface area (TPSA) is 102 Å². The van der Waals surface area contributed by atoms with E-state index in [0.29, 0.717) is 11.3 Å². The Morgan fingerprint density at radius 2 is 1.77 bits per heavy atom. The molecule has 2 N–H and O–H groups in total. The Bertz CT molecular complexity index is 925. The molecular weight excluding hydrogens is 356 g/mol. The number of sulfonamides is 1. The second kappa shape index (κ2) is 8.11. The predicted octanol–water partition coefficient (Wildman–Crippen LogP) is 2.47. The lowest BCUT2D eigenvalue weighted by atomic mass is 10.1. The van der Waals surface area contributed by atoms with E-state index in [-0.39, 0.29) is 16.4 Å². The summed E-state index contributed by atoms with van der Waals surface area (Å²) in [5, 5.41) is 2.65. The molecular formula is C18H20N2O5S. The number of hydrogen-bond donors (Lipinski definition) is 2. The molecule has 0 unspecified atom stereocenters. The number of anilines is 1. The highest BCUT2D eigenvalue weighted by Gasteiger charge is 2.20. The van der Waals surface area contributed by atoms with Crippen LogP contribution in [-0.4, -0.2) is 27.4 Å². The molecule has 2 aromatic rings. The third-order valence-electron chi connectivity index (χ3n) is 3.60. The molecule has 8 heteroatoms. The van der Waals surface area contributed by atoms with E-state index in [1.54, 1.807) is 31.2 Å². The summed E-state index contributed by atoms with van der Waals surface area (Å²) in [5.74, 6) is -0.826. The first-order valence-corrected chi connectivity index (χ1v) is 9.29. The fourth-order valence-electron chi connectivity index (χ4n) is 2.37. The van der Waals surface area contributed by atoms with Crippen molar-refractivity contribution in [3.63, 3.8) is 0 Å². The van der Waals surface area contributed by atoms with Crippen LogP contribution in [0.3, 0.4) is 0 Å². The first-order valence-electron chi connectivity index (χ1n) is 7.81. The quantitative estimate of drug-likeness (QED) is 0.754. The van der Waals surface area contributed by atoms with E-state index in [2.05, 4.69) is 14.8 Å². The van der Waals surface area contributed by atoms with Crippen molar-refractivity contribution in [3.05, 3.63) is 59.7 Å². The minimum absolute atomic E-state index is 0.0368. The van der Waals surface area contributed by atoms with Gasteiger partial charge in [-0.15, -0.1) is 0 Å². The van der Waals surface area contributed by atoms with Gasteiger partial charge >= 0.3 is 5.97 Å². The molecule has 0 bridgehead atoms. The van der Waals surface area contributed by atoms with E-state index < -0.39 is 22.0 Å². The van der Waals surface area contributed by atoms with E-state index >= 15 is 0 Å². The summed E-state index contributed by atoms with van der Waals surface area (Å²) in [6, 6.07) is 12.0. The number of methoxy groups -OCH3 is 1. The molecule has 0 radical (unpaired) electrons. The summed E-state index contributed by atoms with van der Waals surface area (Å²) in [6.07, 6.45) is 0. The largest absolute Gasteiger partial charge is 0.465 e. The maximum Gasteiger partial charge on any atom is 0.337 e. The number of rotatable bonds is 6. The van der Waals surface area contributed by atoms with Gasteiger partial charge in [0, 0.05) is 18.7 Å².